The number of rotatable bonds is 1. The number of ether oxygens (including phenoxy) is 1. The molecular formula is C15H27NO2. The molecule has 0 spiro atoms. The molecule has 1 aliphatic heterocycles. The lowest BCUT2D eigenvalue weighted by Gasteiger charge is -2.35. The molecule has 1 atom stereocenters. The van der Waals surface area contributed by atoms with Gasteiger partial charge in [0, 0.05) is 12.6 Å². The van der Waals surface area contributed by atoms with Crippen molar-refractivity contribution >= 4 is 6.09 Å². The minimum absolute atomic E-state index is 0.101. The Morgan fingerprint density at radius 2 is 1.72 bits per heavy atom. The zero-order valence-corrected chi connectivity index (χ0v) is 12.1. The third-order valence-corrected chi connectivity index (χ3v) is 4.12. The van der Waals surface area contributed by atoms with Crippen molar-refractivity contribution in [1.29, 1.82) is 0 Å². The van der Waals surface area contributed by atoms with E-state index in [4.69, 9.17) is 4.74 Å². The van der Waals surface area contributed by atoms with Crippen LogP contribution in [0.5, 0.6) is 0 Å². The van der Waals surface area contributed by atoms with E-state index >= 15 is 0 Å². The SMILES string of the molecule is CC(C)(C)OC(=O)N1CCC[C@H]1C1CCCCC1. The van der Waals surface area contributed by atoms with Crippen molar-refractivity contribution in [1.82, 2.24) is 4.90 Å². The maximum absolute atomic E-state index is 12.2. The minimum atomic E-state index is -0.378. The molecule has 0 aromatic carbocycles. The molecule has 0 N–H and O–H groups in total. The molecule has 0 bridgehead atoms. The van der Waals surface area contributed by atoms with Crippen molar-refractivity contribution < 1.29 is 9.53 Å². The van der Waals surface area contributed by atoms with Crippen molar-refractivity contribution in [2.24, 2.45) is 5.92 Å². The smallest absolute Gasteiger partial charge is 0.410 e. The number of hydrogen-bond donors (Lipinski definition) is 0. The van der Waals surface area contributed by atoms with E-state index < -0.39 is 0 Å². The molecule has 1 heterocycles. The molecule has 2 aliphatic rings. The lowest BCUT2D eigenvalue weighted by molar-refractivity contribution is 0.0157. The predicted octanol–water partition coefficient (Wildman–Crippen LogP) is 3.97. The van der Waals surface area contributed by atoms with Crippen molar-refractivity contribution in [2.75, 3.05) is 6.54 Å². The molecule has 0 aromatic heterocycles. The van der Waals surface area contributed by atoms with Crippen LogP contribution in [0.1, 0.15) is 65.7 Å². The fourth-order valence-corrected chi connectivity index (χ4v) is 3.35. The fraction of sp³-hybridized carbons (Fsp3) is 0.933. The molecule has 0 unspecified atom stereocenters. The van der Waals surface area contributed by atoms with Gasteiger partial charge in [0.15, 0.2) is 0 Å². The van der Waals surface area contributed by atoms with E-state index in [0.717, 1.165) is 13.0 Å². The molecule has 18 heavy (non-hydrogen) atoms. The van der Waals surface area contributed by atoms with Gasteiger partial charge in [0.05, 0.1) is 0 Å². The average Bonchev–Trinajstić information content (AvgIpc) is 2.76. The number of hydrogen-bond acceptors (Lipinski definition) is 2. The molecule has 104 valence electrons. The number of likely N-dealkylation sites (tertiary alicyclic amines) is 1. The lowest BCUT2D eigenvalue weighted by Crippen LogP contribution is -2.43. The fourth-order valence-electron chi connectivity index (χ4n) is 3.35. The molecule has 1 saturated heterocycles. The first kappa shape index (κ1) is 13.7. The molecule has 2 rings (SSSR count). The zero-order chi connectivity index (χ0) is 13.2. The highest BCUT2D eigenvalue weighted by atomic mass is 16.6. The third kappa shape index (κ3) is 3.39. The van der Waals surface area contributed by atoms with E-state index in [2.05, 4.69) is 0 Å². The van der Waals surface area contributed by atoms with Gasteiger partial charge in [0.2, 0.25) is 0 Å². The number of carbonyl (C=O) groups is 1. The quantitative estimate of drug-likeness (QED) is 0.707. The number of nitrogens with zero attached hydrogens (tertiary/aromatic N) is 1. The van der Waals surface area contributed by atoms with Crippen molar-refractivity contribution in [3.8, 4) is 0 Å². The van der Waals surface area contributed by atoms with E-state index in [0.29, 0.717) is 12.0 Å². The Morgan fingerprint density at radius 1 is 1.06 bits per heavy atom. The molecule has 0 radical (unpaired) electrons. The van der Waals surface area contributed by atoms with Gasteiger partial charge in [0.25, 0.3) is 0 Å². The molecule has 0 aromatic rings. The van der Waals surface area contributed by atoms with E-state index in [1.807, 2.05) is 25.7 Å². The van der Waals surface area contributed by atoms with Gasteiger partial charge < -0.3 is 9.64 Å². The second kappa shape index (κ2) is 5.50. The highest BCUT2D eigenvalue weighted by Crippen LogP contribution is 2.34. The van der Waals surface area contributed by atoms with Crippen molar-refractivity contribution in [2.45, 2.75) is 77.4 Å². The van der Waals surface area contributed by atoms with E-state index in [1.165, 1.54) is 38.5 Å². The average molecular weight is 253 g/mol. The maximum Gasteiger partial charge on any atom is 0.410 e. The Hall–Kier alpha value is -0.730. The highest BCUT2D eigenvalue weighted by molar-refractivity contribution is 5.69. The largest absolute Gasteiger partial charge is 0.444 e. The van der Waals surface area contributed by atoms with Gasteiger partial charge in [-0.25, -0.2) is 4.79 Å². The Kier molecular flexibility index (Phi) is 4.18. The normalized spacial score (nSPS) is 26.4. The molecule has 1 saturated carbocycles. The third-order valence-electron chi connectivity index (χ3n) is 4.12. The highest BCUT2D eigenvalue weighted by Gasteiger charge is 2.37. The summed E-state index contributed by atoms with van der Waals surface area (Å²) < 4.78 is 5.53. The molecule has 3 heteroatoms. The topological polar surface area (TPSA) is 29.5 Å². The molecule has 3 nitrogen and oxygen atoms in total. The standard InChI is InChI=1S/C15H27NO2/c1-15(2,3)18-14(17)16-11-7-10-13(16)12-8-5-4-6-9-12/h12-13H,4-11H2,1-3H3/t13-/m0/s1. The van der Waals surface area contributed by atoms with Gasteiger partial charge in [-0.3, -0.25) is 0 Å². The summed E-state index contributed by atoms with van der Waals surface area (Å²) >= 11 is 0. The Morgan fingerprint density at radius 3 is 2.33 bits per heavy atom. The van der Waals surface area contributed by atoms with Gasteiger partial charge in [0.1, 0.15) is 5.60 Å². The predicted molar refractivity (Wildman–Crippen MR) is 72.5 cm³/mol. The van der Waals surface area contributed by atoms with Crippen LogP contribution in [0.15, 0.2) is 0 Å². The monoisotopic (exact) mass is 253 g/mol. The first-order valence-corrected chi connectivity index (χ1v) is 7.47. The van der Waals surface area contributed by atoms with E-state index in [1.54, 1.807) is 0 Å². The van der Waals surface area contributed by atoms with Gasteiger partial charge in [-0.2, -0.15) is 0 Å². The molecule has 1 aliphatic carbocycles. The van der Waals surface area contributed by atoms with Crippen LogP contribution in [0.25, 0.3) is 0 Å². The van der Waals surface area contributed by atoms with Crippen LogP contribution >= 0.6 is 0 Å². The molecule has 2 fully saturated rings. The Bertz CT molecular complexity index is 289. The number of carbonyl (C=O) groups excluding carboxylic acids is 1. The van der Waals surface area contributed by atoms with Crippen molar-refractivity contribution in [3.63, 3.8) is 0 Å². The first-order chi connectivity index (χ1) is 8.47. The van der Waals surface area contributed by atoms with Crippen LogP contribution in [0, 0.1) is 5.92 Å². The maximum atomic E-state index is 12.2. The molecular weight excluding hydrogens is 226 g/mol. The van der Waals surface area contributed by atoms with Crippen LogP contribution in [0.3, 0.4) is 0 Å². The van der Waals surface area contributed by atoms with Crippen LogP contribution in [-0.2, 0) is 4.74 Å². The van der Waals surface area contributed by atoms with E-state index in [9.17, 15) is 4.79 Å². The van der Waals surface area contributed by atoms with Crippen LogP contribution < -0.4 is 0 Å². The summed E-state index contributed by atoms with van der Waals surface area (Å²) in [5, 5.41) is 0. The Labute approximate surface area is 111 Å². The van der Waals surface area contributed by atoms with Crippen LogP contribution in [0.2, 0.25) is 0 Å². The second-order valence-corrected chi connectivity index (χ2v) is 6.78. The summed E-state index contributed by atoms with van der Waals surface area (Å²) in [6, 6.07) is 0.445. The second-order valence-electron chi connectivity index (χ2n) is 6.78. The van der Waals surface area contributed by atoms with Gasteiger partial charge >= 0.3 is 6.09 Å². The van der Waals surface area contributed by atoms with Crippen LogP contribution in [0.4, 0.5) is 4.79 Å². The summed E-state index contributed by atoms with van der Waals surface area (Å²) in [7, 11) is 0. The lowest BCUT2D eigenvalue weighted by atomic mass is 9.83. The van der Waals surface area contributed by atoms with Crippen LogP contribution in [-0.4, -0.2) is 29.2 Å². The number of amides is 1. The van der Waals surface area contributed by atoms with Crippen molar-refractivity contribution in [3.05, 3.63) is 0 Å². The summed E-state index contributed by atoms with van der Waals surface area (Å²) in [6.07, 6.45) is 8.84. The summed E-state index contributed by atoms with van der Waals surface area (Å²) in [5.41, 5.74) is -0.378. The summed E-state index contributed by atoms with van der Waals surface area (Å²) in [4.78, 5) is 14.2. The molecule has 1 amide bonds. The van der Waals surface area contributed by atoms with Gasteiger partial charge in [-0.1, -0.05) is 19.3 Å². The summed E-state index contributed by atoms with van der Waals surface area (Å²) in [5.74, 6) is 0.716. The van der Waals surface area contributed by atoms with E-state index in [-0.39, 0.29) is 11.7 Å². The van der Waals surface area contributed by atoms with Gasteiger partial charge in [-0.15, -0.1) is 0 Å². The first-order valence-electron chi connectivity index (χ1n) is 7.47. The van der Waals surface area contributed by atoms with Gasteiger partial charge in [-0.05, 0) is 52.4 Å². The minimum Gasteiger partial charge on any atom is -0.444 e. The Balaban J connectivity index is 1.96. The zero-order valence-electron chi connectivity index (χ0n) is 12.1. The summed E-state index contributed by atoms with van der Waals surface area (Å²) in [6.45, 7) is 6.71.